The van der Waals surface area contributed by atoms with Crippen LogP contribution in [0.5, 0.6) is 0 Å². The van der Waals surface area contributed by atoms with Gasteiger partial charge in [-0.1, -0.05) is 75.6 Å². The summed E-state index contributed by atoms with van der Waals surface area (Å²) in [6, 6.07) is 0. The zero-order chi connectivity index (χ0) is 17.3. The number of hydrogen-bond donors (Lipinski definition) is 0. The van der Waals surface area contributed by atoms with Gasteiger partial charge < -0.3 is 0 Å². The van der Waals surface area contributed by atoms with Gasteiger partial charge in [-0.15, -0.1) is 0 Å². The molecule has 118 valence electrons. The molecule has 0 bridgehead atoms. The number of rotatable bonds is 5. The van der Waals surface area contributed by atoms with Gasteiger partial charge in [0.2, 0.25) is 0 Å². The maximum Gasteiger partial charge on any atom is -0.00732 e. The molecule has 0 radical (unpaired) electrons. The molecule has 0 N–H and O–H groups in total. The van der Waals surface area contributed by atoms with Crippen LogP contribution in [0.15, 0.2) is 95.2 Å². The van der Waals surface area contributed by atoms with Gasteiger partial charge in [-0.2, -0.15) is 0 Å². The lowest BCUT2D eigenvalue weighted by molar-refractivity contribution is 1.32. The van der Waals surface area contributed by atoms with Crippen LogP contribution in [0.2, 0.25) is 0 Å². The van der Waals surface area contributed by atoms with E-state index in [2.05, 4.69) is 38.8 Å². The number of allylic oxidation sites excluding steroid dienone is 13. The van der Waals surface area contributed by atoms with Crippen LogP contribution in [-0.4, -0.2) is 0 Å². The molecule has 1 rings (SSSR count). The largest absolute Gasteiger partial charge is 0.0984 e. The van der Waals surface area contributed by atoms with Crippen LogP contribution < -0.4 is 0 Å². The van der Waals surface area contributed by atoms with E-state index in [1.54, 1.807) is 0 Å². The second kappa shape index (κ2) is 9.78. The Kier molecular flexibility index (Phi) is 8.86. The third-order valence-corrected chi connectivity index (χ3v) is 3.42. The molecule has 0 heteroatoms. The van der Waals surface area contributed by atoms with E-state index >= 15 is 0 Å². The maximum absolute atomic E-state index is 4.27. The Morgan fingerprint density at radius 2 is 1.64 bits per heavy atom. The Labute approximate surface area is 137 Å². The Morgan fingerprint density at radius 3 is 2.05 bits per heavy atom. The normalized spacial score (nSPS) is 15.7. The second-order valence-electron chi connectivity index (χ2n) is 4.90. The summed E-state index contributed by atoms with van der Waals surface area (Å²) in [7, 11) is 0. The highest BCUT2D eigenvalue weighted by atomic mass is 14.3. The quantitative estimate of drug-likeness (QED) is 0.477. The van der Waals surface area contributed by atoms with Gasteiger partial charge in [-0.3, -0.25) is 0 Å². The summed E-state index contributed by atoms with van der Waals surface area (Å²) >= 11 is 0. The van der Waals surface area contributed by atoms with Crippen molar-refractivity contribution in [2.24, 2.45) is 0 Å². The van der Waals surface area contributed by atoms with Crippen LogP contribution >= 0.6 is 0 Å². The molecule has 0 amide bonds. The maximum atomic E-state index is 4.27. The van der Waals surface area contributed by atoms with E-state index in [1.165, 1.54) is 11.1 Å². The molecule has 0 aromatic heterocycles. The zero-order valence-electron chi connectivity index (χ0n) is 15.1. The van der Waals surface area contributed by atoms with Crippen molar-refractivity contribution in [3.05, 3.63) is 95.2 Å². The van der Waals surface area contributed by atoms with Gasteiger partial charge in [0.1, 0.15) is 0 Å². The molecule has 0 fully saturated rings. The molecule has 0 unspecified atom stereocenters. The number of hydrogen-bond acceptors (Lipinski definition) is 0. The first-order valence-corrected chi connectivity index (χ1v) is 7.89. The topological polar surface area (TPSA) is 0 Å². The summed E-state index contributed by atoms with van der Waals surface area (Å²) in [6.45, 7) is 24.5. The monoisotopic (exact) mass is 294 g/mol. The minimum absolute atomic E-state index is 1.05. The van der Waals surface area contributed by atoms with Gasteiger partial charge in [0, 0.05) is 0 Å². The molecular formula is C22H30. The average Bonchev–Trinajstić information content (AvgIpc) is 2.74. The molecule has 1 aliphatic rings. The molecular weight excluding hydrogens is 264 g/mol. The predicted octanol–water partition coefficient (Wildman–Crippen LogP) is 7.04. The fraction of sp³-hybridized carbons (Fsp3) is 0.273. The van der Waals surface area contributed by atoms with Crippen molar-refractivity contribution in [3.63, 3.8) is 0 Å². The van der Waals surface area contributed by atoms with E-state index in [4.69, 9.17) is 0 Å². The molecule has 22 heavy (non-hydrogen) atoms. The van der Waals surface area contributed by atoms with E-state index in [-0.39, 0.29) is 0 Å². The summed E-state index contributed by atoms with van der Waals surface area (Å²) < 4.78 is 0. The first-order valence-electron chi connectivity index (χ1n) is 7.89. The van der Waals surface area contributed by atoms with Crippen LogP contribution in [0.25, 0.3) is 0 Å². The first kappa shape index (κ1) is 19.9. The molecule has 0 nitrogen and oxygen atoms in total. The second-order valence-corrected chi connectivity index (χ2v) is 4.90. The van der Waals surface area contributed by atoms with Gasteiger partial charge >= 0.3 is 0 Å². The summed E-state index contributed by atoms with van der Waals surface area (Å²) in [6.07, 6.45) is 12.2. The van der Waals surface area contributed by atoms with Crippen molar-refractivity contribution < 1.29 is 0 Å². The van der Waals surface area contributed by atoms with Crippen molar-refractivity contribution >= 4 is 0 Å². The lowest BCUT2D eigenvalue weighted by atomic mass is 9.92. The molecule has 0 aromatic carbocycles. The smallest absolute Gasteiger partial charge is 0.00732 e. The molecule has 0 aromatic rings. The Bertz CT molecular complexity index is 596. The van der Waals surface area contributed by atoms with Crippen molar-refractivity contribution in [2.45, 2.75) is 41.5 Å². The van der Waals surface area contributed by atoms with Crippen LogP contribution in [-0.2, 0) is 0 Å². The van der Waals surface area contributed by atoms with Crippen molar-refractivity contribution in [3.8, 4) is 0 Å². The molecule has 0 spiro atoms. The van der Waals surface area contributed by atoms with Crippen LogP contribution in [0.3, 0.4) is 0 Å². The molecule has 0 saturated carbocycles. The lowest BCUT2D eigenvalue weighted by Crippen LogP contribution is -1.94. The summed E-state index contributed by atoms with van der Waals surface area (Å²) in [4.78, 5) is 0. The van der Waals surface area contributed by atoms with Crippen molar-refractivity contribution in [1.29, 1.82) is 0 Å². The van der Waals surface area contributed by atoms with Crippen LogP contribution in [0.4, 0.5) is 0 Å². The Hall–Kier alpha value is -2.08. The van der Waals surface area contributed by atoms with Crippen molar-refractivity contribution in [1.82, 2.24) is 0 Å². The fourth-order valence-corrected chi connectivity index (χ4v) is 2.48. The van der Waals surface area contributed by atoms with E-state index in [0.29, 0.717) is 0 Å². The van der Waals surface area contributed by atoms with E-state index < -0.39 is 0 Å². The third-order valence-electron chi connectivity index (χ3n) is 3.42. The molecule has 0 saturated heterocycles. The summed E-state index contributed by atoms with van der Waals surface area (Å²) in [5.74, 6) is 0. The van der Waals surface area contributed by atoms with Gasteiger partial charge in [0.15, 0.2) is 0 Å². The minimum Gasteiger partial charge on any atom is -0.0984 e. The average molecular weight is 294 g/mol. The fourth-order valence-electron chi connectivity index (χ4n) is 2.48. The summed E-state index contributed by atoms with van der Waals surface area (Å²) in [5.41, 5.74) is 7.95. The van der Waals surface area contributed by atoms with Gasteiger partial charge in [-0.25, -0.2) is 0 Å². The first-order chi connectivity index (χ1) is 10.5. The molecule has 1 aliphatic carbocycles. The van der Waals surface area contributed by atoms with E-state index in [0.717, 1.165) is 27.9 Å². The van der Waals surface area contributed by atoms with Crippen LogP contribution in [0, 0.1) is 0 Å². The van der Waals surface area contributed by atoms with Gasteiger partial charge in [0.25, 0.3) is 0 Å². The highest BCUT2D eigenvalue weighted by molar-refractivity contribution is 5.75. The molecule has 0 heterocycles. The minimum atomic E-state index is 1.05. The lowest BCUT2D eigenvalue weighted by Gasteiger charge is -2.12. The van der Waals surface area contributed by atoms with Gasteiger partial charge in [-0.05, 0) is 61.1 Å². The van der Waals surface area contributed by atoms with E-state index in [9.17, 15) is 0 Å². The third kappa shape index (κ3) is 4.21. The SMILES string of the molecule is C=CC1=C(/C=C\C)C(=C)C(/C(=C\C=C/C)C(=C)C)=C1C.CC. The summed E-state index contributed by atoms with van der Waals surface area (Å²) in [5, 5.41) is 0. The van der Waals surface area contributed by atoms with Crippen molar-refractivity contribution in [2.75, 3.05) is 0 Å². The highest BCUT2D eigenvalue weighted by Crippen LogP contribution is 2.42. The molecule has 0 aliphatic heterocycles. The highest BCUT2D eigenvalue weighted by Gasteiger charge is 2.24. The standard InChI is InChI=1S/C20H24.C2H6/c1-8-11-13-18(14(4)5)20-15(6)17(10-3)19(12-9-2)16(20)7;1-2/h8-13H,3-4,7H2,1-2,5-6H3;1-2H3/b11-8-,12-9-,18-13-;. The predicted molar refractivity (Wildman–Crippen MR) is 103 cm³/mol. The molecule has 0 atom stereocenters. The van der Waals surface area contributed by atoms with Gasteiger partial charge in [0.05, 0.1) is 0 Å². The zero-order valence-corrected chi connectivity index (χ0v) is 15.1. The Balaban J connectivity index is 0.00000211. The Morgan fingerprint density at radius 1 is 1.05 bits per heavy atom. The van der Waals surface area contributed by atoms with E-state index in [1.807, 2.05) is 58.9 Å². The van der Waals surface area contributed by atoms with Crippen LogP contribution in [0.1, 0.15) is 41.5 Å².